The molecular weight excluding hydrogens is 194 g/mol. The predicted octanol–water partition coefficient (Wildman–Crippen LogP) is 0.555. The van der Waals surface area contributed by atoms with Crippen LogP contribution in [-0.2, 0) is 17.8 Å². The second-order valence-electron chi connectivity index (χ2n) is 3.64. The molecule has 1 rings (SSSR count). The summed E-state index contributed by atoms with van der Waals surface area (Å²) < 4.78 is 0. The Labute approximate surface area is 88.8 Å². The van der Waals surface area contributed by atoms with Crippen molar-refractivity contribution in [1.29, 1.82) is 0 Å². The molecule has 1 aromatic heterocycles. The molecule has 0 aromatic carbocycles. The SMILES string of the molecule is CN(C)Cc1cnc(CCC(=O)O)nc1. The fourth-order valence-corrected chi connectivity index (χ4v) is 1.18. The van der Waals surface area contributed by atoms with Crippen LogP contribution < -0.4 is 0 Å². The lowest BCUT2D eigenvalue weighted by Gasteiger charge is -2.08. The van der Waals surface area contributed by atoms with Crippen molar-refractivity contribution in [3.8, 4) is 0 Å². The van der Waals surface area contributed by atoms with E-state index in [4.69, 9.17) is 5.11 Å². The van der Waals surface area contributed by atoms with Crippen LogP contribution in [0, 0.1) is 0 Å². The van der Waals surface area contributed by atoms with Crippen LogP contribution in [0.5, 0.6) is 0 Å². The minimum Gasteiger partial charge on any atom is -0.481 e. The third-order valence-corrected chi connectivity index (χ3v) is 1.82. The van der Waals surface area contributed by atoms with E-state index in [2.05, 4.69) is 9.97 Å². The maximum Gasteiger partial charge on any atom is 0.303 e. The summed E-state index contributed by atoms with van der Waals surface area (Å²) in [7, 11) is 3.94. The molecule has 0 aliphatic heterocycles. The Bertz CT molecular complexity index is 322. The molecule has 0 saturated heterocycles. The monoisotopic (exact) mass is 209 g/mol. The Balaban J connectivity index is 2.52. The molecule has 1 heterocycles. The van der Waals surface area contributed by atoms with Gasteiger partial charge in [0.15, 0.2) is 0 Å². The number of nitrogens with zero attached hydrogens (tertiary/aromatic N) is 3. The zero-order chi connectivity index (χ0) is 11.3. The zero-order valence-electron chi connectivity index (χ0n) is 8.97. The predicted molar refractivity (Wildman–Crippen MR) is 55.4 cm³/mol. The highest BCUT2D eigenvalue weighted by Gasteiger charge is 2.02. The van der Waals surface area contributed by atoms with Crippen LogP contribution in [0.4, 0.5) is 0 Å². The Hall–Kier alpha value is -1.49. The van der Waals surface area contributed by atoms with Crippen LogP contribution in [0.15, 0.2) is 12.4 Å². The highest BCUT2D eigenvalue weighted by Crippen LogP contribution is 2.00. The van der Waals surface area contributed by atoms with Crippen molar-refractivity contribution < 1.29 is 9.90 Å². The quantitative estimate of drug-likeness (QED) is 0.767. The van der Waals surface area contributed by atoms with Crippen molar-refractivity contribution >= 4 is 5.97 Å². The number of aromatic nitrogens is 2. The third kappa shape index (κ3) is 4.51. The third-order valence-electron chi connectivity index (χ3n) is 1.82. The maximum absolute atomic E-state index is 10.3. The van der Waals surface area contributed by atoms with Gasteiger partial charge in [-0.1, -0.05) is 0 Å². The van der Waals surface area contributed by atoms with E-state index >= 15 is 0 Å². The van der Waals surface area contributed by atoms with E-state index < -0.39 is 5.97 Å². The van der Waals surface area contributed by atoms with Crippen LogP contribution in [0.25, 0.3) is 0 Å². The van der Waals surface area contributed by atoms with E-state index in [1.54, 1.807) is 12.4 Å². The number of hydrogen-bond acceptors (Lipinski definition) is 4. The lowest BCUT2D eigenvalue weighted by atomic mass is 10.3. The van der Waals surface area contributed by atoms with E-state index in [9.17, 15) is 4.79 Å². The summed E-state index contributed by atoms with van der Waals surface area (Å²) in [5, 5.41) is 8.49. The van der Waals surface area contributed by atoms with Crippen LogP contribution in [0.3, 0.4) is 0 Å². The summed E-state index contributed by atoms with van der Waals surface area (Å²) in [4.78, 5) is 20.6. The maximum atomic E-state index is 10.3. The van der Waals surface area contributed by atoms with Crippen molar-refractivity contribution in [2.24, 2.45) is 0 Å². The topological polar surface area (TPSA) is 66.3 Å². The number of rotatable bonds is 5. The van der Waals surface area contributed by atoms with E-state index in [0.29, 0.717) is 12.2 Å². The fourth-order valence-electron chi connectivity index (χ4n) is 1.18. The molecule has 0 bridgehead atoms. The van der Waals surface area contributed by atoms with Gasteiger partial charge in [-0.25, -0.2) is 9.97 Å². The molecular formula is C10H15N3O2. The lowest BCUT2D eigenvalue weighted by molar-refractivity contribution is -0.137. The fraction of sp³-hybridized carbons (Fsp3) is 0.500. The van der Waals surface area contributed by atoms with Crippen LogP contribution in [0.1, 0.15) is 17.8 Å². The number of carboxylic acids is 1. The van der Waals surface area contributed by atoms with Crippen molar-refractivity contribution in [1.82, 2.24) is 14.9 Å². The second kappa shape index (κ2) is 5.41. The van der Waals surface area contributed by atoms with Gasteiger partial charge in [-0.3, -0.25) is 4.79 Å². The smallest absolute Gasteiger partial charge is 0.303 e. The number of hydrogen-bond donors (Lipinski definition) is 1. The summed E-state index contributed by atoms with van der Waals surface area (Å²) in [6.07, 6.45) is 3.94. The first-order valence-electron chi connectivity index (χ1n) is 4.74. The normalized spacial score (nSPS) is 10.6. The molecule has 0 aliphatic rings. The molecule has 1 N–H and O–H groups in total. The molecule has 82 valence electrons. The van der Waals surface area contributed by atoms with Gasteiger partial charge in [0.2, 0.25) is 0 Å². The Morgan fingerprint density at radius 2 is 2.00 bits per heavy atom. The van der Waals surface area contributed by atoms with Gasteiger partial charge >= 0.3 is 5.97 Å². The largest absolute Gasteiger partial charge is 0.481 e. The lowest BCUT2D eigenvalue weighted by Crippen LogP contribution is -2.11. The Morgan fingerprint density at radius 3 is 2.47 bits per heavy atom. The van der Waals surface area contributed by atoms with Crippen molar-refractivity contribution in [2.45, 2.75) is 19.4 Å². The average Bonchev–Trinajstić information content (AvgIpc) is 2.16. The molecule has 5 heteroatoms. The summed E-state index contributed by atoms with van der Waals surface area (Å²) in [6, 6.07) is 0. The molecule has 0 unspecified atom stereocenters. The minimum absolute atomic E-state index is 0.0764. The first kappa shape index (κ1) is 11.6. The van der Waals surface area contributed by atoms with Gasteiger partial charge in [0.25, 0.3) is 0 Å². The van der Waals surface area contributed by atoms with E-state index in [1.807, 2.05) is 19.0 Å². The first-order chi connectivity index (χ1) is 7.08. The van der Waals surface area contributed by atoms with Crippen LogP contribution >= 0.6 is 0 Å². The Morgan fingerprint density at radius 1 is 1.40 bits per heavy atom. The van der Waals surface area contributed by atoms with Crippen LogP contribution in [0.2, 0.25) is 0 Å². The standard InChI is InChI=1S/C10H15N3O2/c1-13(2)7-8-5-11-9(12-6-8)3-4-10(14)15/h5-6H,3-4,7H2,1-2H3,(H,14,15). The number of carbonyl (C=O) groups is 1. The minimum atomic E-state index is -0.823. The number of aliphatic carboxylic acids is 1. The van der Waals surface area contributed by atoms with Crippen molar-refractivity contribution in [3.05, 3.63) is 23.8 Å². The van der Waals surface area contributed by atoms with Gasteiger partial charge in [0.05, 0.1) is 6.42 Å². The van der Waals surface area contributed by atoms with E-state index in [-0.39, 0.29) is 6.42 Å². The summed E-state index contributed by atoms with van der Waals surface area (Å²) in [5.41, 5.74) is 1.03. The van der Waals surface area contributed by atoms with Gasteiger partial charge in [0.1, 0.15) is 5.82 Å². The molecule has 0 radical (unpaired) electrons. The first-order valence-corrected chi connectivity index (χ1v) is 4.74. The van der Waals surface area contributed by atoms with Gasteiger partial charge in [-0.05, 0) is 14.1 Å². The number of carboxylic acid groups (broad SMARTS) is 1. The highest BCUT2D eigenvalue weighted by atomic mass is 16.4. The molecule has 0 atom stereocenters. The summed E-state index contributed by atoms with van der Waals surface area (Å²) in [6.45, 7) is 0.791. The van der Waals surface area contributed by atoms with Crippen LogP contribution in [-0.4, -0.2) is 40.0 Å². The molecule has 0 aliphatic carbocycles. The Kier molecular flexibility index (Phi) is 4.17. The molecule has 5 nitrogen and oxygen atoms in total. The van der Waals surface area contributed by atoms with Crippen molar-refractivity contribution in [3.63, 3.8) is 0 Å². The average molecular weight is 209 g/mol. The van der Waals surface area contributed by atoms with Gasteiger partial charge < -0.3 is 10.0 Å². The van der Waals surface area contributed by atoms with E-state index in [1.165, 1.54) is 0 Å². The van der Waals surface area contributed by atoms with Gasteiger partial charge in [0, 0.05) is 30.9 Å². The molecule has 0 spiro atoms. The number of aryl methyl sites for hydroxylation is 1. The van der Waals surface area contributed by atoms with Gasteiger partial charge in [-0.15, -0.1) is 0 Å². The molecule has 0 fully saturated rings. The second-order valence-corrected chi connectivity index (χ2v) is 3.64. The summed E-state index contributed by atoms with van der Waals surface area (Å²) in [5.74, 6) is -0.240. The molecule has 1 aromatic rings. The summed E-state index contributed by atoms with van der Waals surface area (Å²) >= 11 is 0. The van der Waals surface area contributed by atoms with Gasteiger partial charge in [-0.2, -0.15) is 0 Å². The highest BCUT2D eigenvalue weighted by molar-refractivity contribution is 5.66. The molecule has 0 amide bonds. The van der Waals surface area contributed by atoms with E-state index in [0.717, 1.165) is 12.1 Å². The molecule has 0 saturated carbocycles. The zero-order valence-corrected chi connectivity index (χ0v) is 8.97. The van der Waals surface area contributed by atoms with Crippen molar-refractivity contribution in [2.75, 3.05) is 14.1 Å². The molecule has 15 heavy (non-hydrogen) atoms.